The first kappa shape index (κ1) is 20.7. The molecule has 2 aromatic carbocycles. The molecular formula is C20H22N4O4S. The second-order valence-corrected chi connectivity index (χ2v) is 8.23. The number of nitrogens with zero attached hydrogens (tertiary/aromatic N) is 3. The van der Waals surface area contributed by atoms with Gasteiger partial charge in [0.1, 0.15) is 0 Å². The van der Waals surface area contributed by atoms with Crippen molar-refractivity contribution in [1.82, 2.24) is 15.0 Å². The highest BCUT2D eigenvalue weighted by Crippen LogP contribution is 2.22. The first-order valence-corrected chi connectivity index (χ1v) is 10.6. The molecular weight excluding hydrogens is 392 g/mol. The maximum absolute atomic E-state index is 12.6. The van der Waals surface area contributed by atoms with Gasteiger partial charge in [-0.1, -0.05) is 47.6 Å². The van der Waals surface area contributed by atoms with Crippen molar-refractivity contribution in [3.8, 4) is 11.4 Å². The summed E-state index contributed by atoms with van der Waals surface area (Å²) in [5.41, 5.74) is 1.65. The Balaban J connectivity index is 1.60. The van der Waals surface area contributed by atoms with E-state index in [2.05, 4.69) is 10.1 Å². The summed E-state index contributed by atoms with van der Waals surface area (Å²) in [4.78, 5) is 18.5. The molecule has 0 bridgehead atoms. The number of hydrogen-bond donors (Lipinski definition) is 1. The van der Waals surface area contributed by atoms with Crippen LogP contribution in [0.1, 0.15) is 30.8 Å². The van der Waals surface area contributed by atoms with Crippen molar-refractivity contribution < 1.29 is 17.7 Å². The normalized spacial score (nSPS) is 12.5. The Hall–Kier alpha value is -3.04. The molecule has 1 unspecified atom stereocenters. The summed E-state index contributed by atoms with van der Waals surface area (Å²) in [5.74, 6) is 0.799. The fourth-order valence-electron chi connectivity index (χ4n) is 2.83. The van der Waals surface area contributed by atoms with Crippen LogP contribution in [0, 0.1) is 0 Å². The quantitative estimate of drug-likeness (QED) is 0.634. The maximum atomic E-state index is 12.6. The zero-order valence-electron chi connectivity index (χ0n) is 16.1. The number of amides is 1. The van der Waals surface area contributed by atoms with E-state index in [0.717, 1.165) is 11.1 Å². The van der Waals surface area contributed by atoms with E-state index in [1.165, 1.54) is 12.1 Å². The molecule has 0 aliphatic rings. The lowest BCUT2D eigenvalue weighted by atomic mass is 10.1. The topological polar surface area (TPSA) is 119 Å². The standard InChI is InChI=1S/C20H22N4O4S/c1-14(15-8-10-17(11-9-15)29(21,26)27)24(2)19(25)13-12-18-22-20(23-28-18)16-6-4-3-5-7-16/h3-11,14H,12-13H2,1-2H3,(H2,21,26,27). The Bertz CT molecular complexity index is 1080. The maximum Gasteiger partial charge on any atom is 0.238 e. The van der Waals surface area contributed by atoms with Gasteiger partial charge in [0.05, 0.1) is 10.9 Å². The van der Waals surface area contributed by atoms with Crippen LogP contribution in [0.5, 0.6) is 0 Å². The van der Waals surface area contributed by atoms with Gasteiger partial charge in [0.25, 0.3) is 0 Å². The largest absolute Gasteiger partial charge is 0.339 e. The predicted octanol–water partition coefficient (Wildman–Crippen LogP) is 2.54. The lowest BCUT2D eigenvalue weighted by Gasteiger charge is -2.25. The highest BCUT2D eigenvalue weighted by molar-refractivity contribution is 7.89. The number of benzene rings is 2. The SMILES string of the molecule is CC(c1ccc(S(N)(=O)=O)cc1)N(C)C(=O)CCc1nc(-c2ccccc2)no1. The average Bonchev–Trinajstić information content (AvgIpc) is 3.20. The molecule has 1 aromatic heterocycles. The van der Waals surface area contributed by atoms with Crippen molar-refractivity contribution in [1.29, 1.82) is 0 Å². The van der Waals surface area contributed by atoms with Crippen LogP contribution in [0.4, 0.5) is 0 Å². The molecule has 29 heavy (non-hydrogen) atoms. The van der Waals surface area contributed by atoms with Gasteiger partial charge in [-0.05, 0) is 24.6 Å². The van der Waals surface area contributed by atoms with Gasteiger partial charge in [-0.3, -0.25) is 4.79 Å². The second kappa shape index (κ2) is 8.54. The van der Waals surface area contributed by atoms with Gasteiger partial charge in [-0.25, -0.2) is 13.6 Å². The Morgan fingerprint density at radius 2 is 1.79 bits per heavy atom. The zero-order chi connectivity index (χ0) is 21.0. The summed E-state index contributed by atoms with van der Waals surface area (Å²) in [6.07, 6.45) is 0.548. The van der Waals surface area contributed by atoms with Crippen molar-refractivity contribution in [3.63, 3.8) is 0 Å². The van der Waals surface area contributed by atoms with Crippen LogP contribution in [0.25, 0.3) is 11.4 Å². The van der Waals surface area contributed by atoms with Gasteiger partial charge >= 0.3 is 0 Å². The van der Waals surface area contributed by atoms with E-state index in [1.807, 2.05) is 37.3 Å². The first-order valence-electron chi connectivity index (χ1n) is 9.02. The predicted molar refractivity (Wildman–Crippen MR) is 107 cm³/mol. The number of carbonyl (C=O) groups excluding carboxylic acids is 1. The van der Waals surface area contributed by atoms with Gasteiger partial charge in [-0.15, -0.1) is 0 Å². The molecule has 0 aliphatic carbocycles. The van der Waals surface area contributed by atoms with Crippen LogP contribution in [-0.2, 0) is 21.2 Å². The van der Waals surface area contributed by atoms with Gasteiger partial charge in [0, 0.05) is 25.5 Å². The third-order valence-electron chi connectivity index (χ3n) is 4.72. The molecule has 1 amide bonds. The van der Waals surface area contributed by atoms with Crippen LogP contribution in [0.2, 0.25) is 0 Å². The summed E-state index contributed by atoms with van der Waals surface area (Å²) >= 11 is 0. The van der Waals surface area contributed by atoms with E-state index in [9.17, 15) is 13.2 Å². The Labute approximate surface area is 169 Å². The highest BCUT2D eigenvalue weighted by Gasteiger charge is 2.19. The summed E-state index contributed by atoms with van der Waals surface area (Å²) in [5, 5.41) is 9.06. The van der Waals surface area contributed by atoms with Crippen LogP contribution < -0.4 is 5.14 Å². The number of aromatic nitrogens is 2. The van der Waals surface area contributed by atoms with Crippen molar-refractivity contribution in [2.24, 2.45) is 5.14 Å². The van der Waals surface area contributed by atoms with E-state index >= 15 is 0 Å². The number of rotatable bonds is 7. The molecule has 0 radical (unpaired) electrons. The number of aryl methyl sites for hydroxylation is 1. The molecule has 0 saturated carbocycles. The Morgan fingerprint density at radius 1 is 1.14 bits per heavy atom. The minimum atomic E-state index is -3.74. The van der Waals surface area contributed by atoms with Crippen molar-refractivity contribution in [2.75, 3.05) is 7.05 Å². The third kappa shape index (κ3) is 5.07. The fourth-order valence-corrected chi connectivity index (χ4v) is 3.34. The van der Waals surface area contributed by atoms with E-state index in [-0.39, 0.29) is 23.3 Å². The highest BCUT2D eigenvalue weighted by atomic mass is 32.2. The Kier molecular flexibility index (Phi) is 6.09. The zero-order valence-corrected chi connectivity index (χ0v) is 17.0. The van der Waals surface area contributed by atoms with Crippen molar-refractivity contribution >= 4 is 15.9 Å². The molecule has 8 nitrogen and oxygen atoms in total. The van der Waals surface area contributed by atoms with Crippen molar-refractivity contribution in [2.45, 2.75) is 30.7 Å². The number of primary sulfonamides is 1. The molecule has 3 aromatic rings. The molecule has 2 N–H and O–H groups in total. The van der Waals surface area contributed by atoms with Crippen LogP contribution >= 0.6 is 0 Å². The second-order valence-electron chi connectivity index (χ2n) is 6.67. The number of carbonyl (C=O) groups is 1. The molecule has 1 atom stereocenters. The van der Waals surface area contributed by atoms with E-state index < -0.39 is 10.0 Å². The minimum absolute atomic E-state index is 0.0352. The van der Waals surface area contributed by atoms with Gasteiger partial charge in [0.2, 0.25) is 27.6 Å². The molecule has 0 spiro atoms. The number of sulfonamides is 1. The van der Waals surface area contributed by atoms with E-state index in [4.69, 9.17) is 9.66 Å². The fraction of sp³-hybridized carbons (Fsp3) is 0.250. The van der Waals surface area contributed by atoms with Crippen LogP contribution in [0.15, 0.2) is 64.0 Å². The van der Waals surface area contributed by atoms with E-state index in [1.54, 1.807) is 24.1 Å². The average molecular weight is 414 g/mol. The van der Waals surface area contributed by atoms with Gasteiger partial charge in [0.15, 0.2) is 0 Å². The molecule has 3 rings (SSSR count). The van der Waals surface area contributed by atoms with Crippen LogP contribution in [-0.4, -0.2) is 36.4 Å². The van der Waals surface area contributed by atoms with Gasteiger partial charge in [-0.2, -0.15) is 4.98 Å². The molecule has 0 fully saturated rings. The smallest absolute Gasteiger partial charge is 0.238 e. The van der Waals surface area contributed by atoms with Crippen molar-refractivity contribution in [3.05, 3.63) is 66.1 Å². The number of hydrogen-bond acceptors (Lipinski definition) is 6. The minimum Gasteiger partial charge on any atom is -0.339 e. The third-order valence-corrected chi connectivity index (χ3v) is 5.65. The Morgan fingerprint density at radius 3 is 2.41 bits per heavy atom. The summed E-state index contributed by atoms with van der Waals surface area (Å²) in [6, 6.07) is 15.4. The monoisotopic (exact) mass is 414 g/mol. The molecule has 0 saturated heterocycles. The van der Waals surface area contributed by atoms with Gasteiger partial charge < -0.3 is 9.42 Å². The lowest BCUT2D eigenvalue weighted by molar-refractivity contribution is -0.131. The summed E-state index contributed by atoms with van der Waals surface area (Å²) < 4.78 is 28.0. The van der Waals surface area contributed by atoms with E-state index in [0.29, 0.717) is 18.1 Å². The first-order chi connectivity index (χ1) is 13.8. The number of nitrogens with two attached hydrogens (primary N) is 1. The van der Waals surface area contributed by atoms with Crippen LogP contribution in [0.3, 0.4) is 0 Å². The molecule has 9 heteroatoms. The lowest BCUT2D eigenvalue weighted by Crippen LogP contribution is -2.29. The molecule has 152 valence electrons. The summed E-state index contributed by atoms with van der Waals surface area (Å²) in [7, 11) is -2.04. The molecule has 0 aliphatic heterocycles. The summed E-state index contributed by atoms with van der Waals surface area (Å²) in [6.45, 7) is 1.87. The molecule has 1 heterocycles.